The zero-order valence-electron chi connectivity index (χ0n) is 17.7. The second-order valence-corrected chi connectivity index (χ2v) is 8.39. The molecule has 2 aromatic carbocycles. The van der Waals surface area contributed by atoms with Crippen molar-refractivity contribution in [3.8, 4) is 0 Å². The zero-order valence-corrected chi connectivity index (χ0v) is 17.7. The Kier molecular flexibility index (Phi) is 6.48. The summed E-state index contributed by atoms with van der Waals surface area (Å²) < 4.78 is 0. The van der Waals surface area contributed by atoms with Crippen LogP contribution in [0.1, 0.15) is 36.9 Å². The van der Waals surface area contributed by atoms with Crippen molar-refractivity contribution < 1.29 is 9.59 Å². The van der Waals surface area contributed by atoms with E-state index in [1.807, 2.05) is 9.80 Å². The lowest BCUT2D eigenvalue weighted by Gasteiger charge is -2.41. The molecule has 5 heteroatoms. The SMILES string of the molecule is CC(=O)N1CCC[C@@H](C(=O)N2CCN(C(c3ccccc3)c3ccccc3)CC2)C1. The van der Waals surface area contributed by atoms with Crippen molar-refractivity contribution >= 4 is 11.8 Å². The largest absolute Gasteiger partial charge is 0.342 e. The molecule has 1 atom stereocenters. The van der Waals surface area contributed by atoms with Gasteiger partial charge in [0.1, 0.15) is 0 Å². The Morgan fingerprint density at radius 2 is 1.37 bits per heavy atom. The van der Waals surface area contributed by atoms with Gasteiger partial charge in [-0.2, -0.15) is 0 Å². The second kappa shape index (κ2) is 9.43. The molecule has 4 rings (SSSR count). The molecule has 2 saturated heterocycles. The van der Waals surface area contributed by atoms with Crippen LogP contribution in [0, 0.1) is 5.92 Å². The normalized spacial score (nSPS) is 20.4. The fourth-order valence-corrected chi connectivity index (χ4v) is 4.81. The number of likely N-dealkylation sites (tertiary alicyclic amines) is 1. The molecule has 2 aromatic rings. The molecular formula is C25H31N3O2. The van der Waals surface area contributed by atoms with E-state index in [1.54, 1.807) is 6.92 Å². The summed E-state index contributed by atoms with van der Waals surface area (Å²) in [7, 11) is 0. The highest BCUT2D eigenvalue weighted by Gasteiger charge is 2.33. The standard InChI is InChI=1S/C25H31N3O2/c1-20(29)28-14-8-13-23(19-28)25(30)27-17-15-26(16-18-27)24(21-9-4-2-5-10-21)22-11-6-3-7-12-22/h2-7,9-12,23-24H,8,13-19H2,1H3/t23-/m1/s1. The van der Waals surface area contributed by atoms with Gasteiger partial charge in [0.2, 0.25) is 11.8 Å². The maximum absolute atomic E-state index is 13.1. The highest BCUT2D eigenvalue weighted by Crippen LogP contribution is 2.30. The van der Waals surface area contributed by atoms with Gasteiger partial charge < -0.3 is 9.80 Å². The molecule has 0 N–H and O–H groups in total. The van der Waals surface area contributed by atoms with E-state index < -0.39 is 0 Å². The number of rotatable bonds is 4. The Morgan fingerprint density at radius 1 is 0.800 bits per heavy atom. The first kappa shape index (κ1) is 20.6. The number of carbonyl (C=O) groups excluding carboxylic acids is 2. The minimum Gasteiger partial charge on any atom is -0.342 e. The molecule has 0 bridgehead atoms. The molecule has 0 spiro atoms. The summed E-state index contributed by atoms with van der Waals surface area (Å²) in [5.41, 5.74) is 2.57. The Bertz CT molecular complexity index is 808. The fourth-order valence-electron chi connectivity index (χ4n) is 4.81. The van der Waals surface area contributed by atoms with E-state index in [9.17, 15) is 9.59 Å². The van der Waals surface area contributed by atoms with Gasteiger partial charge in [0, 0.05) is 46.2 Å². The molecule has 2 heterocycles. The van der Waals surface area contributed by atoms with Crippen LogP contribution < -0.4 is 0 Å². The van der Waals surface area contributed by atoms with Crippen molar-refractivity contribution in [3.05, 3.63) is 71.8 Å². The minimum absolute atomic E-state index is 0.0479. The molecule has 2 amide bonds. The molecule has 0 aliphatic carbocycles. The molecule has 0 radical (unpaired) electrons. The zero-order chi connectivity index (χ0) is 20.9. The number of piperazine rings is 1. The number of carbonyl (C=O) groups is 2. The fraction of sp³-hybridized carbons (Fsp3) is 0.440. The Labute approximate surface area is 179 Å². The molecule has 158 valence electrons. The van der Waals surface area contributed by atoms with Crippen molar-refractivity contribution in [1.82, 2.24) is 14.7 Å². The van der Waals surface area contributed by atoms with Crippen LogP contribution in [0.2, 0.25) is 0 Å². The molecular weight excluding hydrogens is 374 g/mol. The van der Waals surface area contributed by atoms with Gasteiger partial charge in [-0.1, -0.05) is 60.7 Å². The van der Waals surface area contributed by atoms with Crippen LogP contribution in [0.25, 0.3) is 0 Å². The number of amides is 2. The number of hydrogen-bond donors (Lipinski definition) is 0. The van der Waals surface area contributed by atoms with E-state index in [1.165, 1.54) is 11.1 Å². The van der Waals surface area contributed by atoms with E-state index in [-0.39, 0.29) is 23.8 Å². The maximum Gasteiger partial charge on any atom is 0.227 e. The van der Waals surface area contributed by atoms with Crippen LogP contribution in [0.5, 0.6) is 0 Å². The summed E-state index contributed by atoms with van der Waals surface area (Å²) >= 11 is 0. The monoisotopic (exact) mass is 405 g/mol. The van der Waals surface area contributed by atoms with Gasteiger partial charge in [0.25, 0.3) is 0 Å². The van der Waals surface area contributed by atoms with Crippen LogP contribution in [-0.4, -0.2) is 65.8 Å². The molecule has 2 aliphatic heterocycles. The van der Waals surface area contributed by atoms with Crippen molar-refractivity contribution in [1.29, 1.82) is 0 Å². The molecule has 2 fully saturated rings. The van der Waals surface area contributed by atoms with Gasteiger partial charge >= 0.3 is 0 Å². The lowest BCUT2D eigenvalue weighted by molar-refractivity contribution is -0.141. The predicted molar refractivity (Wildman–Crippen MR) is 118 cm³/mol. The molecule has 0 unspecified atom stereocenters. The molecule has 2 aliphatic rings. The third-order valence-corrected chi connectivity index (χ3v) is 6.44. The predicted octanol–water partition coefficient (Wildman–Crippen LogP) is 3.18. The third-order valence-electron chi connectivity index (χ3n) is 6.44. The summed E-state index contributed by atoms with van der Waals surface area (Å²) in [6.45, 7) is 6.14. The van der Waals surface area contributed by atoms with Crippen molar-refractivity contribution in [3.63, 3.8) is 0 Å². The summed E-state index contributed by atoms with van der Waals surface area (Å²) in [4.78, 5) is 31.1. The minimum atomic E-state index is -0.0479. The van der Waals surface area contributed by atoms with Crippen molar-refractivity contribution in [2.45, 2.75) is 25.8 Å². The smallest absolute Gasteiger partial charge is 0.227 e. The Morgan fingerprint density at radius 3 is 1.90 bits per heavy atom. The van der Waals surface area contributed by atoms with Gasteiger partial charge in [-0.3, -0.25) is 14.5 Å². The van der Waals surface area contributed by atoms with E-state index >= 15 is 0 Å². The average molecular weight is 406 g/mol. The topological polar surface area (TPSA) is 43.9 Å². The number of piperidine rings is 1. The first-order valence-corrected chi connectivity index (χ1v) is 11.0. The van der Waals surface area contributed by atoms with Crippen LogP contribution in [-0.2, 0) is 9.59 Å². The summed E-state index contributed by atoms with van der Waals surface area (Å²) in [6.07, 6.45) is 1.81. The van der Waals surface area contributed by atoms with E-state index in [4.69, 9.17) is 0 Å². The van der Waals surface area contributed by atoms with E-state index in [0.29, 0.717) is 6.54 Å². The van der Waals surface area contributed by atoms with Crippen LogP contribution in [0.4, 0.5) is 0 Å². The van der Waals surface area contributed by atoms with Crippen LogP contribution in [0.15, 0.2) is 60.7 Å². The average Bonchev–Trinajstić information content (AvgIpc) is 2.81. The first-order valence-electron chi connectivity index (χ1n) is 11.0. The Balaban J connectivity index is 1.43. The van der Waals surface area contributed by atoms with E-state index in [2.05, 4.69) is 65.6 Å². The van der Waals surface area contributed by atoms with E-state index in [0.717, 1.165) is 45.6 Å². The van der Waals surface area contributed by atoms with Crippen LogP contribution in [0.3, 0.4) is 0 Å². The number of benzene rings is 2. The lowest BCUT2D eigenvalue weighted by atomic mass is 9.95. The summed E-state index contributed by atoms with van der Waals surface area (Å²) in [6, 6.07) is 21.4. The highest BCUT2D eigenvalue weighted by molar-refractivity contribution is 5.81. The second-order valence-electron chi connectivity index (χ2n) is 8.39. The molecule has 30 heavy (non-hydrogen) atoms. The molecule has 0 aromatic heterocycles. The highest BCUT2D eigenvalue weighted by atomic mass is 16.2. The van der Waals surface area contributed by atoms with Gasteiger partial charge in [-0.15, -0.1) is 0 Å². The number of nitrogens with zero attached hydrogens (tertiary/aromatic N) is 3. The third kappa shape index (κ3) is 4.57. The lowest BCUT2D eigenvalue weighted by Crippen LogP contribution is -2.53. The quantitative estimate of drug-likeness (QED) is 0.785. The van der Waals surface area contributed by atoms with Gasteiger partial charge in [0.05, 0.1) is 12.0 Å². The van der Waals surface area contributed by atoms with Gasteiger partial charge in [-0.05, 0) is 24.0 Å². The van der Waals surface area contributed by atoms with Crippen molar-refractivity contribution in [2.24, 2.45) is 5.92 Å². The van der Waals surface area contributed by atoms with Gasteiger partial charge in [-0.25, -0.2) is 0 Å². The number of hydrogen-bond acceptors (Lipinski definition) is 3. The molecule has 0 saturated carbocycles. The summed E-state index contributed by atoms with van der Waals surface area (Å²) in [5.74, 6) is 0.246. The summed E-state index contributed by atoms with van der Waals surface area (Å²) in [5, 5.41) is 0. The maximum atomic E-state index is 13.1. The van der Waals surface area contributed by atoms with Crippen molar-refractivity contribution in [2.75, 3.05) is 39.3 Å². The Hall–Kier alpha value is -2.66. The molecule has 5 nitrogen and oxygen atoms in total. The van der Waals surface area contributed by atoms with Gasteiger partial charge in [0.15, 0.2) is 0 Å². The van der Waals surface area contributed by atoms with Crippen LogP contribution >= 0.6 is 0 Å². The first-order chi connectivity index (χ1) is 14.6.